The van der Waals surface area contributed by atoms with E-state index in [1.54, 1.807) is 34.9 Å². The minimum atomic E-state index is -0.638. The second-order valence-electron chi connectivity index (χ2n) is 14.6. The average molecular weight is 735 g/mol. The summed E-state index contributed by atoms with van der Waals surface area (Å²) in [7, 11) is 0. The number of aromatic amines is 2. The third kappa shape index (κ3) is 6.62. The highest BCUT2D eigenvalue weighted by atomic mass is 16.2. The molecule has 6 aromatic rings. The molecule has 0 unspecified atom stereocenters. The number of carbonyl (C=O) groups excluding carboxylic acids is 3. The molecule has 13 heteroatoms. The number of amides is 3. The summed E-state index contributed by atoms with van der Waals surface area (Å²) in [6.07, 6.45) is 2.49. The van der Waals surface area contributed by atoms with E-state index in [0.29, 0.717) is 78.5 Å². The Morgan fingerprint density at radius 2 is 1.27 bits per heavy atom. The van der Waals surface area contributed by atoms with Crippen molar-refractivity contribution in [1.82, 2.24) is 29.7 Å². The van der Waals surface area contributed by atoms with E-state index in [2.05, 4.69) is 20.3 Å². The summed E-state index contributed by atoms with van der Waals surface area (Å²) in [6.45, 7) is 6.56. The van der Waals surface area contributed by atoms with Crippen molar-refractivity contribution in [3.05, 3.63) is 101 Å². The molecule has 2 aliphatic heterocycles. The molecule has 0 bridgehead atoms. The Hall–Kier alpha value is -6.63. The monoisotopic (exact) mass is 734 g/mol. The van der Waals surface area contributed by atoms with Gasteiger partial charge in [0.1, 0.15) is 29.6 Å². The lowest BCUT2D eigenvalue weighted by atomic mass is 10.0. The van der Waals surface area contributed by atoms with Crippen LogP contribution in [0.3, 0.4) is 0 Å². The fraction of sp³-hybridized carbons (Fsp3) is 0.262. The van der Waals surface area contributed by atoms with Gasteiger partial charge in [0.2, 0.25) is 11.8 Å². The van der Waals surface area contributed by atoms with Gasteiger partial charge in [-0.05, 0) is 118 Å². The number of rotatable bonds is 8. The minimum absolute atomic E-state index is 0.0123. The fourth-order valence-electron chi connectivity index (χ4n) is 7.93. The third-order valence-electron chi connectivity index (χ3n) is 10.8. The first-order valence-electron chi connectivity index (χ1n) is 18.5. The minimum Gasteiger partial charge on any atom is -0.384 e. The first kappa shape index (κ1) is 35.4. The number of aryl methyl sites for hydroxylation is 2. The van der Waals surface area contributed by atoms with E-state index in [1.165, 1.54) is 0 Å². The summed E-state index contributed by atoms with van der Waals surface area (Å²) in [5.74, 6) is 0.641. The number of carbonyl (C=O) groups is 3. The summed E-state index contributed by atoms with van der Waals surface area (Å²) >= 11 is 0. The smallest absolute Gasteiger partial charge is 0.254 e. The van der Waals surface area contributed by atoms with Gasteiger partial charge in [0.25, 0.3) is 5.91 Å². The summed E-state index contributed by atoms with van der Waals surface area (Å²) in [5.41, 5.74) is 15.5. The van der Waals surface area contributed by atoms with Crippen molar-refractivity contribution in [1.29, 1.82) is 10.8 Å². The van der Waals surface area contributed by atoms with E-state index in [1.807, 2.05) is 68.4 Å². The molecule has 2 atom stereocenters. The van der Waals surface area contributed by atoms with Crippen molar-refractivity contribution in [2.75, 3.05) is 18.4 Å². The number of nitrogen functional groups attached to an aromatic ring is 1. The van der Waals surface area contributed by atoms with E-state index in [-0.39, 0.29) is 23.6 Å². The average Bonchev–Trinajstić information content (AvgIpc) is 4.00. The van der Waals surface area contributed by atoms with Gasteiger partial charge in [-0.15, -0.1) is 0 Å². The first-order valence-corrected chi connectivity index (χ1v) is 18.5. The molecule has 2 fully saturated rings. The number of H-pyrrole nitrogens is 2. The van der Waals surface area contributed by atoms with Gasteiger partial charge in [-0.3, -0.25) is 19.8 Å². The Morgan fingerprint density at radius 3 is 1.85 bits per heavy atom. The number of nitrogens with one attached hydrogen (secondary N) is 5. The predicted molar refractivity (Wildman–Crippen MR) is 213 cm³/mol. The van der Waals surface area contributed by atoms with Gasteiger partial charge in [0.05, 0.1) is 22.1 Å². The molecule has 0 saturated carbocycles. The molecular formula is C42H42N10O3. The van der Waals surface area contributed by atoms with Gasteiger partial charge in [-0.1, -0.05) is 12.1 Å². The molecule has 2 saturated heterocycles. The van der Waals surface area contributed by atoms with Gasteiger partial charge < -0.3 is 36.2 Å². The second kappa shape index (κ2) is 14.0. The van der Waals surface area contributed by atoms with Crippen molar-refractivity contribution in [3.8, 4) is 22.8 Å². The van der Waals surface area contributed by atoms with Crippen LogP contribution in [0.4, 0.5) is 5.69 Å². The third-order valence-corrected chi connectivity index (χ3v) is 10.8. The number of hydrogen-bond acceptors (Lipinski definition) is 7. The number of likely N-dealkylation sites (tertiary alicyclic amines) is 2. The van der Waals surface area contributed by atoms with Crippen molar-refractivity contribution < 1.29 is 14.4 Å². The number of benzene rings is 4. The molecule has 2 aromatic heterocycles. The maximum atomic E-state index is 14.0. The van der Waals surface area contributed by atoms with Gasteiger partial charge in [0, 0.05) is 52.3 Å². The largest absolute Gasteiger partial charge is 0.384 e. The molecule has 0 radical (unpaired) electrons. The van der Waals surface area contributed by atoms with Gasteiger partial charge >= 0.3 is 0 Å². The number of nitrogens with zero attached hydrogens (tertiary/aromatic N) is 4. The van der Waals surface area contributed by atoms with Crippen LogP contribution in [-0.2, 0) is 9.59 Å². The standard InChI is InChI=1S/C42H42N10O3/c1-22-18-31-33(20-29(22)24(3)43)49-39(47-31)26-12-14-28(15-13-26)46-40(53)35-6-4-16-51(35)42(55)36-7-5-17-52(36)41(54)27-10-8-25(9-11-27)38-48-32-19-23(2)30(37(44)45)21-34(32)50-38/h8-15,18-21,35-36,43H,4-7,16-17H2,1-3H3,(H3,44,45)(H,46,53)(H,47,49)(H,48,50)/t35-,36-/m0/s1. The van der Waals surface area contributed by atoms with Crippen LogP contribution < -0.4 is 11.1 Å². The van der Waals surface area contributed by atoms with Crippen LogP contribution in [0.15, 0.2) is 72.8 Å². The Kier molecular flexibility index (Phi) is 9.00. The summed E-state index contributed by atoms with van der Waals surface area (Å²) < 4.78 is 0. The fourth-order valence-corrected chi connectivity index (χ4v) is 7.93. The quantitative estimate of drug-likeness (QED) is 0.0783. The van der Waals surface area contributed by atoms with E-state index in [4.69, 9.17) is 21.5 Å². The van der Waals surface area contributed by atoms with E-state index in [9.17, 15) is 14.4 Å². The zero-order valence-corrected chi connectivity index (χ0v) is 30.9. The lowest BCUT2D eigenvalue weighted by Crippen LogP contribution is -2.51. The molecule has 2 aliphatic rings. The molecular weight excluding hydrogens is 693 g/mol. The number of hydrogen-bond donors (Lipinski definition) is 6. The van der Waals surface area contributed by atoms with E-state index < -0.39 is 12.1 Å². The SMILES string of the molecule is CC(=N)c1cc2nc(-c3ccc(NC(=O)[C@@H]4CCCN4C(=O)[C@@H]4CCCN4C(=O)c4ccc(-c5nc6cc(C(=N)N)c(C)cc6[nH]5)cc4)cc3)[nH]c2cc1C. The topological polar surface area (TPSA) is 201 Å². The molecule has 0 spiro atoms. The highest BCUT2D eigenvalue weighted by Crippen LogP contribution is 2.30. The highest BCUT2D eigenvalue weighted by molar-refractivity contribution is 6.03. The molecule has 4 heterocycles. The normalized spacial score (nSPS) is 16.9. The zero-order valence-electron chi connectivity index (χ0n) is 30.9. The zero-order chi connectivity index (χ0) is 38.5. The molecule has 55 heavy (non-hydrogen) atoms. The summed E-state index contributed by atoms with van der Waals surface area (Å²) in [6, 6.07) is 20.9. The molecule has 4 aromatic carbocycles. The van der Waals surface area contributed by atoms with Crippen LogP contribution in [0.2, 0.25) is 0 Å². The Morgan fingerprint density at radius 1 is 0.745 bits per heavy atom. The number of amidine groups is 1. The summed E-state index contributed by atoms with van der Waals surface area (Å²) in [4.78, 5) is 60.8. The molecule has 7 N–H and O–H groups in total. The number of fused-ring (bicyclic) bond motifs is 2. The maximum Gasteiger partial charge on any atom is 0.254 e. The van der Waals surface area contributed by atoms with Crippen LogP contribution in [0.5, 0.6) is 0 Å². The Bertz CT molecular complexity index is 2530. The first-order chi connectivity index (χ1) is 26.4. The highest BCUT2D eigenvalue weighted by Gasteiger charge is 2.42. The Labute approximate surface area is 317 Å². The van der Waals surface area contributed by atoms with E-state index in [0.717, 1.165) is 44.4 Å². The number of nitrogens with two attached hydrogens (primary N) is 1. The number of anilines is 1. The van der Waals surface area contributed by atoms with Crippen molar-refractivity contribution >= 4 is 57.0 Å². The van der Waals surface area contributed by atoms with E-state index >= 15 is 0 Å². The Balaban J connectivity index is 0.923. The van der Waals surface area contributed by atoms with Crippen LogP contribution in [-0.4, -0.2) is 84.2 Å². The molecule has 0 aliphatic carbocycles. The second-order valence-corrected chi connectivity index (χ2v) is 14.6. The summed E-state index contributed by atoms with van der Waals surface area (Å²) in [5, 5.41) is 18.9. The van der Waals surface area contributed by atoms with Crippen molar-refractivity contribution in [2.45, 2.75) is 58.5 Å². The van der Waals surface area contributed by atoms with Crippen LogP contribution in [0.25, 0.3) is 44.8 Å². The van der Waals surface area contributed by atoms with Gasteiger partial charge in [-0.2, -0.15) is 0 Å². The predicted octanol–water partition coefficient (Wildman–Crippen LogP) is 6.30. The molecule has 8 rings (SSSR count). The van der Waals surface area contributed by atoms with Crippen LogP contribution in [0, 0.1) is 24.7 Å². The van der Waals surface area contributed by atoms with Crippen LogP contribution >= 0.6 is 0 Å². The van der Waals surface area contributed by atoms with Crippen molar-refractivity contribution in [2.24, 2.45) is 5.73 Å². The lowest BCUT2D eigenvalue weighted by molar-refractivity contribution is -0.139. The molecule has 13 nitrogen and oxygen atoms in total. The number of aromatic nitrogens is 4. The van der Waals surface area contributed by atoms with Crippen LogP contribution in [0.1, 0.15) is 65.2 Å². The number of imidazole rings is 2. The van der Waals surface area contributed by atoms with Gasteiger partial charge in [0.15, 0.2) is 0 Å². The maximum absolute atomic E-state index is 14.0. The lowest BCUT2D eigenvalue weighted by Gasteiger charge is -2.31. The van der Waals surface area contributed by atoms with Crippen molar-refractivity contribution in [3.63, 3.8) is 0 Å². The molecule has 3 amide bonds. The van der Waals surface area contributed by atoms with Gasteiger partial charge in [-0.25, -0.2) is 9.97 Å². The molecule has 278 valence electrons.